The number of hydrogen-bond donors (Lipinski definition) is 1. The number of hydrogen-bond acceptors (Lipinski definition) is 3. The number of anilines is 1. The summed E-state index contributed by atoms with van der Waals surface area (Å²) < 4.78 is 5.83. The smallest absolute Gasteiger partial charge is 0.131 e. The van der Waals surface area contributed by atoms with Gasteiger partial charge in [0.1, 0.15) is 11.4 Å². The standard InChI is InChI=1S/C14H23NO2/c1-13(2,16)14(3,4)17-12-9-7-11(8-10-12)15(5)6/h7-10,16H,1-6H3. The third-order valence-electron chi connectivity index (χ3n) is 3.20. The van der Waals surface area contributed by atoms with Crippen LogP contribution in [0.3, 0.4) is 0 Å². The monoisotopic (exact) mass is 237 g/mol. The van der Waals surface area contributed by atoms with E-state index in [-0.39, 0.29) is 0 Å². The van der Waals surface area contributed by atoms with Crippen LogP contribution in [0.2, 0.25) is 0 Å². The van der Waals surface area contributed by atoms with E-state index in [1.807, 2.05) is 57.1 Å². The van der Waals surface area contributed by atoms with E-state index in [0.717, 1.165) is 11.4 Å². The largest absolute Gasteiger partial charge is 0.485 e. The Balaban J connectivity index is 2.83. The molecule has 0 heterocycles. The zero-order valence-corrected chi connectivity index (χ0v) is 11.6. The third kappa shape index (κ3) is 3.37. The average molecular weight is 237 g/mol. The van der Waals surface area contributed by atoms with Gasteiger partial charge < -0.3 is 14.7 Å². The zero-order chi connectivity index (χ0) is 13.3. The molecule has 1 N–H and O–H groups in total. The van der Waals surface area contributed by atoms with Crippen molar-refractivity contribution in [2.75, 3.05) is 19.0 Å². The van der Waals surface area contributed by atoms with Crippen LogP contribution in [0.25, 0.3) is 0 Å². The minimum Gasteiger partial charge on any atom is -0.485 e. The first kappa shape index (κ1) is 13.8. The number of rotatable bonds is 4. The highest BCUT2D eigenvalue weighted by Crippen LogP contribution is 2.28. The van der Waals surface area contributed by atoms with Crippen LogP contribution in [0.5, 0.6) is 5.75 Å². The lowest BCUT2D eigenvalue weighted by Crippen LogP contribution is -2.49. The Bertz CT molecular complexity index is 361. The lowest BCUT2D eigenvalue weighted by atomic mass is 9.89. The van der Waals surface area contributed by atoms with Crippen LogP contribution in [-0.4, -0.2) is 30.4 Å². The molecule has 17 heavy (non-hydrogen) atoms. The van der Waals surface area contributed by atoms with Gasteiger partial charge in [-0.2, -0.15) is 0 Å². The van der Waals surface area contributed by atoms with E-state index in [0.29, 0.717) is 0 Å². The fourth-order valence-corrected chi connectivity index (χ4v) is 1.23. The Morgan fingerprint density at radius 2 is 1.47 bits per heavy atom. The van der Waals surface area contributed by atoms with Gasteiger partial charge in [-0.25, -0.2) is 0 Å². The molecule has 0 aliphatic carbocycles. The molecule has 0 saturated heterocycles. The van der Waals surface area contributed by atoms with Crippen molar-refractivity contribution in [2.45, 2.75) is 38.9 Å². The van der Waals surface area contributed by atoms with E-state index in [2.05, 4.69) is 0 Å². The van der Waals surface area contributed by atoms with Crippen molar-refractivity contribution in [1.29, 1.82) is 0 Å². The second-order valence-electron chi connectivity index (χ2n) is 5.56. The van der Waals surface area contributed by atoms with Gasteiger partial charge in [0.05, 0.1) is 5.60 Å². The highest BCUT2D eigenvalue weighted by molar-refractivity contribution is 5.47. The van der Waals surface area contributed by atoms with Crippen molar-refractivity contribution < 1.29 is 9.84 Å². The highest BCUT2D eigenvalue weighted by Gasteiger charge is 2.37. The van der Waals surface area contributed by atoms with Gasteiger partial charge in [0, 0.05) is 19.8 Å². The summed E-state index contributed by atoms with van der Waals surface area (Å²) in [5, 5.41) is 10.0. The molecule has 0 bridgehead atoms. The Labute approximate surface area is 104 Å². The molecular formula is C14H23NO2. The van der Waals surface area contributed by atoms with Gasteiger partial charge in [-0.3, -0.25) is 0 Å². The predicted octanol–water partition coefficient (Wildman–Crippen LogP) is 2.68. The summed E-state index contributed by atoms with van der Waals surface area (Å²) in [4.78, 5) is 2.03. The summed E-state index contributed by atoms with van der Waals surface area (Å²) in [6, 6.07) is 7.83. The minimum atomic E-state index is -0.896. The van der Waals surface area contributed by atoms with Gasteiger partial charge in [-0.1, -0.05) is 0 Å². The van der Waals surface area contributed by atoms with Crippen molar-refractivity contribution in [3.05, 3.63) is 24.3 Å². The predicted molar refractivity (Wildman–Crippen MR) is 71.8 cm³/mol. The average Bonchev–Trinajstić information content (AvgIpc) is 2.16. The first-order valence-electron chi connectivity index (χ1n) is 5.82. The number of nitrogens with zero attached hydrogens (tertiary/aromatic N) is 1. The molecule has 0 atom stereocenters. The van der Waals surface area contributed by atoms with Crippen LogP contribution >= 0.6 is 0 Å². The highest BCUT2D eigenvalue weighted by atomic mass is 16.5. The molecule has 0 aliphatic heterocycles. The molecule has 0 aliphatic rings. The van der Waals surface area contributed by atoms with Crippen LogP contribution in [0.1, 0.15) is 27.7 Å². The van der Waals surface area contributed by atoms with Gasteiger partial charge in [0.2, 0.25) is 0 Å². The molecule has 0 saturated carbocycles. The van der Waals surface area contributed by atoms with Crippen molar-refractivity contribution in [3.8, 4) is 5.75 Å². The summed E-state index contributed by atoms with van der Waals surface area (Å²) in [7, 11) is 3.99. The molecule has 96 valence electrons. The molecule has 3 nitrogen and oxygen atoms in total. The van der Waals surface area contributed by atoms with E-state index < -0.39 is 11.2 Å². The van der Waals surface area contributed by atoms with Crippen molar-refractivity contribution >= 4 is 5.69 Å². The maximum Gasteiger partial charge on any atom is 0.131 e. The number of aliphatic hydroxyl groups is 1. The lowest BCUT2D eigenvalue weighted by molar-refractivity contribution is -0.0906. The Morgan fingerprint density at radius 3 is 1.82 bits per heavy atom. The van der Waals surface area contributed by atoms with Crippen molar-refractivity contribution in [1.82, 2.24) is 0 Å². The SMILES string of the molecule is CN(C)c1ccc(OC(C)(C)C(C)(C)O)cc1. The lowest BCUT2D eigenvalue weighted by Gasteiger charge is -2.37. The van der Waals surface area contributed by atoms with E-state index in [4.69, 9.17) is 4.74 Å². The summed E-state index contributed by atoms with van der Waals surface area (Å²) in [6.45, 7) is 7.27. The van der Waals surface area contributed by atoms with Gasteiger partial charge in [0.25, 0.3) is 0 Å². The van der Waals surface area contributed by atoms with Crippen LogP contribution < -0.4 is 9.64 Å². The molecule has 1 aromatic rings. The minimum absolute atomic E-state index is 0.632. The molecule has 0 spiro atoms. The second kappa shape index (κ2) is 4.57. The fourth-order valence-electron chi connectivity index (χ4n) is 1.23. The molecule has 1 rings (SSSR count). The van der Waals surface area contributed by atoms with Crippen LogP contribution in [0, 0.1) is 0 Å². The summed E-state index contributed by atoms with van der Waals surface area (Å²) in [6.07, 6.45) is 0. The number of benzene rings is 1. The van der Waals surface area contributed by atoms with E-state index in [1.165, 1.54) is 0 Å². The second-order valence-corrected chi connectivity index (χ2v) is 5.56. The molecule has 1 aromatic carbocycles. The van der Waals surface area contributed by atoms with Crippen LogP contribution in [0.15, 0.2) is 24.3 Å². The Morgan fingerprint density at radius 1 is 1.00 bits per heavy atom. The molecule has 0 aromatic heterocycles. The van der Waals surface area contributed by atoms with E-state index in [9.17, 15) is 5.11 Å². The van der Waals surface area contributed by atoms with Crippen molar-refractivity contribution in [3.63, 3.8) is 0 Å². The fraction of sp³-hybridized carbons (Fsp3) is 0.571. The molecule has 3 heteroatoms. The maximum absolute atomic E-state index is 10.0. The number of ether oxygens (including phenoxy) is 1. The third-order valence-corrected chi connectivity index (χ3v) is 3.20. The first-order chi connectivity index (χ1) is 7.63. The van der Waals surface area contributed by atoms with Gasteiger partial charge in [-0.15, -0.1) is 0 Å². The summed E-state index contributed by atoms with van der Waals surface area (Å²) in [5.74, 6) is 0.766. The summed E-state index contributed by atoms with van der Waals surface area (Å²) >= 11 is 0. The Kier molecular flexibility index (Phi) is 3.72. The first-order valence-corrected chi connectivity index (χ1v) is 5.82. The van der Waals surface area contributed by atoms with Crippen LogP contribution in [0.4, 0.5) is 5.69 Å². The van der Waals surface area contributed by atoms with E-state index >= 15 is 0 Å². The Hall–Kier alpha value is -1.22. The topological polar surface area (TPSA) is 32.7 Å². The normalized spacial score (nSPS) is 12.4. The van der Waals surface area contributed by atoms with Gasteiger partial charge >= 0.3 is 0 Å². The molecule has 0 fully saturated rings. The van der Waals surface area contributed by atoms with Gasteiger partial charge in [0.15, 0.2) is 0 Å². The zero-order valence-electron chi connectivity index (χ0n) is 11.6. The molecule has 0 unspecified atom stereocenters. The van der Waals surface area contributed by atoms with Crippen LogP contribution in [-0.2, 0) is 0 Å². The molecular weight excluding hydrogens is 214 g/mol. The quantitative estimate of drug-likeness (QED) is 0.874. The van der Waals surface area contributed by atoms with E-state index in [1.54, 1.807) is 13.8 Å². The maximum atomic E-state index is 10.0. The summed E-state index contributed by atoms with van der Waals surface area (Å²) in [5.41, 5.74) is -0.404. The van der Waals surface area contributed by atoms with Gasteiger partial charge in [-0.05, 0) is 52.0 Å². The molecule has 0 radical (unpaired) electrons. The van der Waals surface area contributed by atoms with Crippen molar-refractivity contribution in [2.24, 2.45) is 0 Å². The molecule has 0 amide bonds.